The lowest BCUT2D eigenvalue weighted by molar-refractivity contribution is -0.141. The molecule has 0 saturated heterocycles. The third-order valence-corrected chi connectivity index (χ3v) is 5.17. The van der Waals surface area contributed by atoms with Gasteiger partial charge in [0.15, 0.2) is 11.2 Å². The average Bonchev–Trinajstić information content (AvgIpc) is 3.28. The van der Waals surface area contributed by atoms with Crippen LogP contribution in [-0.4, -0.2) is 50.4 Å². The number of carbonyl (C=O) groups excluding carboxylic acids is 1. The van der Waals surface area contributed by atoms with E-state index >= 15 is 0 Å². The fourth-order valence-corrected chi connectivity index (χ4v) is 3.61. The van der Waals surface area contributed by atoms with Crippen LogP contribution < -0.4 is 20.7 Å². The molecular weight excluding hydrogens is 406 g/mol. The van der Waals surface area contributed by atoms with Crippen LogP contribution in [0.3, 0.4) is 0 Å². The summed E-state index contributed by atoms with van der Waals surface area (Å²) in [5, 5.41) is 0. The maximum atomic E-state index is 13.1. The molecule has 0 aliphatic carbocycles. The molecule has 0 saturated carbocycles. The molecule has 1 aromatic carbocycles. The van der Waals surface area contributed by atoms with E-state index < -0.39 is 23.8 Å². The van der Waals surface area contributed by atoms with Gasteiger partial charge in [0.05, 0.1) is 27.0 Å². The number of ether oxygens (including phenoxy) is 3. The summed E-state index contributed by atoms with van der Waals surface area (Å²) in [7, 11) is 5.80. The van der Waals surface area contributed by atoms with Crippen molar-refractivity contribution in [1.29, 1.82) is 0 Å². The molecule has 0 aliphatic rings. The highest BCUT2D eigenvalue weighted by molar-refractivity contribution is 5.77. The van der Waals surface area contributed by atoms with Crippen molar-refractivity contribution in [1.82, 2.24) is 23.1 Å². The Morgan fingerprint density at radius 2 is 1.87 bits per heavy atom. The summed E-state index contributed by atoms with van der Waals surface area (Å²) in [6.45, 7) is 1.36. The quantitative estimate of drug-likeness (QED) is 0.430. The van der Waals surface area contributed by atoms with E-state index in [1.807, 2.05) is 6.92 Å². The Balaban J connectivity index is 2.09. The van der Waals surface area contributed by atoms with E-state index in [4.69, 9.17) is 9.47 Å². The lowest BCUT2D eigenvalue weighted by Crippen LogP contribution is -2.41. The van der Waals surface area contributed by atoms with Crippen LogP contribution in [0.2, 0.25) is 0 Å². The summed E-state index contributed by atoms with van der Waals surface area (Å²) in [6.07, 6.45) is 1.73. The van der Waals surface area contributed by atoms with Crippen molar-refractivity contribution < 1.29 is 19.0 Å². The smallest absolute Gasteiger partial charge is 0.333 e. The number of rotatable bonds is 5. The number of aryl methyl sites for hydroxylation is 2. The molecule has 0 bridgehead atoms. The zero-order valence-electron chi connectivity index (χ0n) is 17.7. The van der Waals surface area contributed by atoms with E-state index in [0.29, 0.717) is 23.0 Å². The molecule has 31 heavy (non-hydrogen) atoms. The summed E-state index contributed by atoms with van der Waals surface area (Å²) in [5.41, 5.74) is 0.497. The zero-order chi connectivity index (χ0) is 22.4. The van der Waals surface area contributed by atoms with Crippen molar-refractivity contribution in [2.75, 3.05) is 21.3 Å². The van der Waals surface area contributed by atoms with Crippen LogP contribution in [0, 0.1) is 6.92 Å². The highest BCUT2D eigenvalue weighted by Gasteiger charge is 2.23. The minimum absolute atomic E-state index is 0.171. The molecule has 0 spiro atoms. The first-order chi connectivity index (χ1) is 14.8. The molecule has 11 heteroatoms. The summed E-state index contributed by atoms with van der Waals surface area (Å²) in [6, 6.07) is 5.33. The second-order valence-corrected chi connectivity index (χ2v) is 6.91. The van der Waals surface area contributed by atoms with Gasteiger partial charge in [0.2, 0.25) is 5.78 Å². The Kier molecular flexibility index (Phi) is 4.80. The highest BCUT2D eigenvalue weighted by Crippen LogP contribution is 2.31. The second kappa shape index (κ2) is 7.35. The fourth-order valence-electron chi connectivity index (χ4n) is 3.61. The van der Waals surface area contributed by atoms with Gasteiger partial charge >= 0.3 is 11.7 Å². The SMILES string of the molecule is COC(=O)Cn1c(=O)c2c(nc3n(-c4cc(OC)ccc4OC)c(C)cn23)n(C)c1=O. The second-order valence-electron chi connectivity index (χ2n) is 6.91. The molecule has 0 radical (unpaired) electrons. The summed E-state index contributed by atoms with van der Waals surface area (Å²) in [4.78, 5) is 42.1. The summed E-state index contributed by atoms with van der Waals surface area (Å²) < 4.78 is 20.9. The number of methoxy groups -OCH3 is 3. The van der Waals surface area contributed by atoms with Gasteiger partial charge in [-0.2, -0.15) is 4.98 Å². The van der Waals surface area contributed by atoms with Gasteiger partial charge < -0.3 is 14.2 Å². The van der Waals surface area contributed by atoms with E-state index in [1.54, 1.807) is 47.6 Å². The zero-order valence-corrected chi connectivity index (χ0v) is 17.7. The van der Waals surface area contributed by atoms with Gasteiger partial charge in [-0.05, 0) is 19.1 Å². The topological polar surface area (TPSA) is 111 Å². The predicted octanol–water partition coefficient (Wildman–Crippen LogP) is 0.637. The number of esters is 1. The summed E-state index contributed by atoms with van der Waals surface area (Å²) in [5.74, 6) is 0.896. The van der Waals surface area contributed by atoms with Crippen molar-refractivity contribution in [3.8, 4) is 17.2 Å². The molecule has 11 nitrogen and oxygen atoms in total. The maximum Gasteiger partial charge on any atom is 0.333 e. The molecule has 3 heterocycles. The first-order valence-electron chi connectivity index (χ1n) is 9.31. The Hall–Kier alpha value is -4.02. The third kappa shape index (κ3) is 2.97. The molecular formula is C20H21N5O6. The van der Waals surface area contributed by atoms with Crippen LogP contribution in [0.25, 0.3) is 22.6 Å². The Morgan fingerprint density at radius 1 is 1.13 bits per heavy atom. The van der Waals surface area contributed by atoms with Crippen LogP contribution >= 0.6 is 0 Å². The average molecular weight is 427 g/mol. The van der Waals surface area contributed by atoms with Crippen LogP contribution in [-0.2, 0) is 23.1 Å². The Bertz CT molecular complexity index is 1460. The van der Waals surface area contributed by atoms with Gasteiger partial charge in [0.25, 0.3) is 5.56 Å². The number of imidazole rings is 2. The van der Waals surface area contributed by atoms with E-state index in [0.717, 1.165) is 10.3 Å². The first kappa shape index (κ1) is 20.3. The Labute approximate surface area is 175 Å². The molecule has 0 atom stereocenters. The monoisotopic (exact) mass is 427 g/mol. The minimum Gasteiger partial charge on any atom is -0.497 e. The number of hydrogen-bond donors (Lipinski definition) is 0. The van der Waals surface area contributed by atoms with Gasteiger partial charge in [0, 0.05) is 25.0 Å². The van der Waals surface area contributed by atoms with E-state index in [9.17, 15) is 14.4 Å². The van der Waals surface area contributed by atoms with Crippen LogP contribution in [0.1, 0.15) is 5.69 Å². The lowest BCUT2D eigenvalue weighted by atomic mass is 10.2. The minimum atomic E-state index is -0.700. The van der Waals surface area contributed by atoms with Gasteiger partial charge in [-0.25, -0.2) is 9.36 Å². The number of hydrogen-bond acceptors (Lipinski definition) is 7. The van der Waals surface area contributed by atoms with E-state index in [-0.39, 0.29) is 11.2 Å². The number of nitrogens with zero attached hydrogens (tertiary/aromatic N) is 5. The number of carbonyl (C=O) groups is 1. The molecule has 0 amide bonds. The van der Waals surface area contributed by atoms with Gasteiger partial charge in [-0.1, -0.05) is 0 Å². The van der Waals surface area contributed by atoms with Crippen molar-refractivity contribution >= 4 is 22.9 Å². The Morgan fingerprint density at radius 3 is 2.52 bits per heavy atom. The van der Waals surface area contributed by atoms with E-state index in [2.05, 4.69) is 9.72 Å². The predicted molar refractivity (Wildman–Crippen MR) is 111 cm³/mol. The van der Waals surface area contributed by atoms with Crippen molar-refractivity contribution in [2.45, 2.75) is 13.5 Å². The van der Waals surface area contributed by atoms with Crippen molar-refractivity contribution in [3.63, 3.8) is 0 Å². The van der Waals surface area contributed by atoms with Crippen molar-refractivity contribution in [2.24, 2.45) is 7.05 Å². The largest absolute Gasteiger partial charge is 0.497 e. The van der Waals surface area contributed by atoms with Crippen molar-refractivity contribution in [3.05, 3.63) is 50.9 Å². The van der Waals surface area contributed by atoms with Gasteiger partial charge in [-0.3, -0.25) is 23.1 Å². The first-order valence-corrected chi connectivity index (χ1v) is 9.31. The highest BCUT2D eigenvalue weighted by atomic mass is 16.5. The molecule has 0 aliphatic heterocycles. The molecule has 0 unspecified atom stereocenters. The lowest BCUT2D eigenvalue weighted by Gasteiger charge is -2.12. The van der Waals surface area contributed by atoms with Crippen LogP contribution in [0.15, 0.2) is 34.0 Å². The van der Waals surface area contributed by atoms with Gasteiger partial charge in [0.1, 0.15) is 18.0 Å². The third-order valence-electron chi connectivity index (χ3n) is 5.17. The number of benzene rings is 1. The number of aromatic nitrogens is 5. The molecule has 4 rings (SSSR count). The maximum absolute atomic E-state index is 13.1. The normalized spacial score (nSPS) is 11.3. The van der Waals surface area contributed by atoms with Gasteiger partial charge in [-0.15, -0.1) is 0 Å². The molecule has 0 fully saturated rings. The summed E-state index contributed by atoms with van der Waals surface area (Å²) >= 11 is 0. The number of fused-ring (bicyclic) bond motifs is 3. The van der Waals surface area contributed by atoms with E-state index in [1.165, 1.54) is 18.7 Å². The standard InChI is InChI=1S/C20H21N5O6/c1-11-9-23-16-17(22(2)20(28)24(18(16)27)10-15(26)31-5)21-19(23)25(11)13-8-12(29-3)6-7-14(13)30-4/h6-9H,10H2,1-5H3. The fraction of sp³-hybridized carbons (Fsp3) is 0.300. The molecule has 4 aromatic rings. The molecule has 162 valence electrons. The van der Waals surface area contributed by atoms with Crippen LogP contribution in [0.5, 0.6) is 11.5 Å². The molecule has 0 N–H and O–H groups in total. The molecule has 3 aromatic heterocycles. The van der Waals surface area contributed by atoms with Crippen LogP contribution in [0.4, 0.5) is 0 Å².